The standard InChI is InChI=1S/C32H47NO9Si/c1-5-40-43(41-6-2,42-7-3)24-12-21-33-32(36)39-23-11-9-8-10-22-38-29-19-18-28(25-30(29)37-4)27-16-13-26(14-17-27)15-20-31(34)35/h13-20,25H,5-12,21-24H2,1-4H3,(H,33,36)(H,34,35). The summed E-state index contributed by atoms with van der Waals surface area (Å²) in [6.45, 7) is 8.77. The van der Waals surface area contributed by atoms with Crippen molar-refractivity contribution in [1.82, 2.24) is 5.32 Å². The lowest BCUT2D eigenvalue weighted by atomic mass is 10.0. The molecule has 0 saturated heterocycles. The Morgan fingerprint density at radius 3 is 2.05 bits per heavy atom. The van der Waals surface area contributed by atoms with E-state index in [1.54, 1.807) is 13.2 Å². The molecule has 0 radical (unpaired) electrons. The number of carboxylic acids is 1. The lowest BCUT2D eigenvalue weighted by Gasteiger charge is -2.28. The highest BCUT2D eigenvalue weighted by Crippen LogP contribution is 2.33. The number of aliphatic carboxylic acids is 1. The SMILES string of the molecule is CCO[Si](CCCNC(=O)OCCCCCCOc1ccc(-c2ccc(C=CC(=O)O)cc2)cc1OC)(OCC)OCC. The van der Waals surface area contributed by atoms with Crippen molar-refractivity contribution in [2.75, 3.05) is 46.7 Å². The van der Waals surface area contributed by atoms with E-state index in [0.29, 0.717) is 63.5 Å². The normalized spacial score (nSPS) is 11.4. The Bertz CT molecular complexity index is 1110. The Morgan fingerprint density at radius 2 is 1.44 bits per heavy atom. The number of nitrogens with one attached hydrogen (secondary N) is 1. The molecule has 0 aliphatic carbocycles. The molecule has 2 aromatic carbocycles. The van der Waals surface area contributed by atoms with E-state index in [1.807, 2.05) is 63.2 Å². The second-order valence-corrected chi connectivity index (χ2v) is 12.3. The monoisotopic (exact) mass is 617 g/mol. The molecular formula is C32H47NO9Si. The highest BCUT2D eigenvalue weighted by atomic mass is 28.4. The third-order valence-corrected chi connectivity index (χ3v) is 9.53. The number of rotatable bonds is 22. The number of carbonyl (C=O) groups excluding carboxylic acids is 1. The van der Waals surface area contributed by atoms with E-state index in [2.05, 4.69) is 5.32 Å². The third-order valence-electron chi connectivity index (χ3n) is 6.38. The molecule has 0 atom stereocenters. The Kier molecular flexibility index (Phi) is 17.1. The van der Waals surface area contributed by atoms with Crippen LogP contribution in [0.4, 0.5) is 4.79 Å². The maximum atomic E-state index is 12.0. The molecule has 11 heteroatoms. The van der Waals surface area contributed by atoms with Crippen molar-refractivity contribution in [3.63, 3.8) is 0 Å². The molecule has 10 nitrogen and oxygen atoms in total. The maximum Gasteiger partial charge on any atom is 0.500 e. The van der Waals surface area contributed by atoms with Gasteiger partial charge in [-0.05, 0) is 87.8 Å². The number of unbranched alkanes of at least 4 members (excludes halogenated alkanes) is 3. The van der Waals surface area contributed by atoms with Crippen LogP contribution in [-0.2, 0) is 22.8 Å². The van der Waals surface area contributed by atoms with Crippen LogP contribution in [0.2, 0.25) is 6.04 Å². The summed E-state index contributed by atoms with van der Waals surface area (Å²) < 4.78 is 34.3. The van der Waals surface area contributed by atoms with Gasteiger partial charge in [-0.1, -0.05) is 30.3 Å². The van der Waals surface area contributed by atoms with Gasteiger partial charge in [0.2, 0.25) is 0 Å². The van der Waals surface area contributed by atoms with Gasteiger partial charge < -0.3 is 37.9 Å². The third kappa shape index (κ3) is 13.6. The number of carboxylic acid groups (broad SMARTS) is 1. The minimum atomic E-state index is -2.69. The lowest BCUT2D eigenvalue weighted by Crippen LogP contribution is -2.46. The van der Waals surface area contributed by atoms with E-state index in [1.165, 1.54) is 0 Å². The number of hydrogen-bond acceptors (Lipinski definition) is 8. The minimum Gasteiger partial charge on any atom is -0.493 e. The number of ether oxygens (including phenoxy) is 3. The molecule has 0 aromatic heterocycles. The first-order chi connectivity index (χ1) is 20.9. The highest BCUT2D eigenvalue weighted by Gasteiger charge is 2.39. The molecule has 2 rings (SSSR count). The fourth-order valence-corrected chi connectivity index (χ4v) is 6.99. The molecule has 238 valence electrons. The first-order valence-corrected chi connectivity index (χ1v) is 16.9. The Hall–Kier alpha value is -3.38. The van der Waals surface area contributed by atoms with Crippen molar-refractivity contribution in [3.8, 4) is 22.6 Å². The van der Waals surface area contributed by atoms with E-state index >= 15 is 0 Å². The van der Waals surface area contributed by atoms with Gasteiger partial charge in [0.05, 0.1) is 20.3 Å². The topological polar surface area (TPSA) is 122 Å². The fourth-order valence-electron chi connectivity index (χ4n) is 4.37. The van der Waals surface area contributed by atoms with Gasteiger partial charge in [0.25, 0.3) is 0 Å². The molecular weight excluding hydrogens is 570 g/mol. The predicted octanol–water partition coefficient (Wildman–Crippen LogP) is 6.56. The Morgan fingerprint density at radius 1 is 0.814 bits per heavy atom. The zero-order chi connectivity index (χ0) is 31.3. The van der Waals surface area contributed by atoms with Gasteiger partial charge in [0, 0.05) is 38.5 Å². The molecule has 43 heavy (non-hydrogen) atoms. The molecule has 0 spiro atoms. The molecule has 0 bridgehead atoms. The molecule has 0 heterocycles. The molecule has 0 unspecified atom stereocenters. The number of alkyl carbamates (subject to hydrolysis) is 1. The van der Waals surface area contributed by atoms with E-state index in [9.17, 15) is 9.59 Å². The van der Waals surface area contributed by atoms with Crippen LogP contribution in [0.25, 0.3) is 17.2 Å². The van der Waals surface area contributed by atoms with Crippen LogP contribution >= 0.6 is 0 Å². The van der Waals surface area contributed by atoms with E-state index in [4.69, 9.17) is 32.6 Å². The van der Waals surface area contributed by atoms with Crippen LogP contribution in [0.3, 0.4) is 0 Å². The predicted molar refractivity (Wildman–Crippen MR) is 168 cm³/mol. The second-order valence-electron chi connectivity index (χ2n) is 9.57. The number of hydrogen-bond donors (Lipinski definition) is 2. The van der Waals surface area contributed by atoms with Crippen molar-refractivity contribution in [2.45, 2.75) is 58.9 Å². The van der Waals surface area contributed by atoms with Crippen LogP contribution < -0.4 is 14.8 Å². The molecule has 0 saturated carbocycles. The first kappa shape index (κ1) is 35.8. The van der Waals surface area contributed by atoms with Crippen LogP contribution in [0.5, 0.6) is 11.5 Å². The van der Waals surface area contributed by atoms with Crippen LogP contribution in [0.15, 0.2) is 48.5 Å². The van der Waals surface area contributed by atoms with Crippen LogP contribution in [-0.4, -0.2) is 72.7 Å². The largest absolute Gasteiger partial charge is 0.500 e. The van der Waals surface area contributed by atoms with E-state index in [0.717, 1.165) is 48.4 Å². The van der Waals surface area contributed by atoms with Crippen LogP contribution in [0.1, 0.15) is 58.4 Å². The van der Waals surface area contributed by atoms with Crippen molar-refractivity contribution in [3.05, 3.63) is 54.1 Å². The van der Waals surface area contributed by atoms with Gasteiger partial charge in [-0.3, -0.25) is 0 Å². The summed E-state index contributed by atoms with van der Waals surface area (Å²) in [6.07, 6.45) is 6.47. The van der Waals surface area contributed by atoms with Gasteiger partial charge in [-0.2, -0.15) is 0 Å². The summed E-state index contributed by atoms with van der Waals surface area (Å²) in [5.74, 6) is 0.345. The smallest absolute Gasteiger partial charge is 0.493 e. The number of amides is 1. The summed E-state index contributed by atoms with van der Waals surface area (Å²) in [7, 11) is -1.08. The van der Waals surface area contributed by atoms with E-state index in [-0.39, 0.29) is 0 Å². The number of methoxy groups -OCH3 is 1. The molecule has 0 fully saturated rings. The van der Waals surface area contributed by atoms with Gasteiger partial charge in [-0.25, -0.2) is 9.59 Å². The molecule has 2 N–H and O–H groups in total. The summed E-state index contributed by atoms with van der Waals surface area (Å²) in [4.78, 5) is 22.7. The van der Waals surface area contributed by atoms with E-state index < -0.39 is 20.9 Å². The summed E-state index contributed by atoms with van der Waals surface area (Å²) in [6, 6.07) is 14.0. The fraction of sp³-hybridized carbons (Fsp3) is 0.500. The molecule has 0 aliphatic heterocycles. The number of benzene rings is 2. The van der Waals surface area contributed by atoms with Gasteiger partial charge in [-0.15, -0.1) is 0 Å². The zero-order valence-corrected chi connectivity index (χ0v) is 26.9. The summed E-state index contributed by atoms with van der Waals surface area (Å²) in [5.41, 5.74) is 2.77. The maximum absolute atomic E-state index is 12.0. The minimum absolute atomic E-state index is 0.369. The highest BCUT2D eigenvalue weighted by molar-refractivity contribution is 6.60. The molecule has 2 aromatic rings. The summed E-state index contributed by atoms with van der Waals surface area (Å²) >= 11 is 0. The average Bonchev–Trinajstić information content (AvgIpc) is 3.00. The van der Waals surface area contributed by atoms with Gasteiger partial charge >= 0.3 is 20.9 Å². The van der Waals surface area contributed by atoms with Crippen molar-refractivity contribution >= 4 is 26.9 Å². The Labute approximate surface area is 256 Å². The van der Waals surface area contributed by atoms with Gasteiger partial charge in [0.1, 0.15) is 0 Å². The Balaban J connectivity index is 1.63. The number of carbonyl (C=O) groups is 2. The summed E-state index contributed by atoms with van der Waals surface area (Å²) in [5, 5.41) is 11.6. The van der Waals surface area contributed by atoms with Gasteiger partial charge in [0.15, 0.2) is 11.5 Å². The zero-order valence-electron chi connectivity index (χ0n) is 25.9. The second kappa shape index (κ2) is 20.5. The first-order valence-electron chi connectivity index (χ1n) is 15.0. The van der Waals surface area contributed by atoms with Crippen molar-refractivity contribution in [1.29, 1.82) is 0 Å². The molecule has 1 amide bonds. The lowest BCUT2D eigenvalue weighted by molar-refractivity contribution is -0.131. The van der Waals surface area contributed by atoms with Crippen molar-refractivity contribution < 1.29 is 42.2 Å². The molecule has 0 aliphatic rings. The average molecular weight is 618 g/mol. The quantitative estimate of drug-likeness (QED) is 0.0859. The van der Waals surface area contributed by atoms with Crippen LogP contribution in [0, 0.1) is 0 Å². The van der Waals surface area contributed by atoms with Crippen molar-refractivity contribution in [2.24, 2.45) is 0 Å².